The van der Waals surface area contributed by atoms with E-state index in [1.54, 1.807) is 19.2 Å². The Morgan fingerprint density at radius 1 is 1.33 bits per heavy atom. The van der Waals surface area contributed by atoms with Crippen molar-refractivity contribution in [3.8, 4) is 0 Å². The summed E-state index contributed by atoms with van der Waals surface area (Å²) in [7, 11) is 1.55. The molecule has 0 spiro atoms. The second-order valence-corrected chi connectivity index (χ2v) is 2.68. The third-order valence-corrected chi connectivity index (χ3v) is 1.59. The molecule has 0 N–H and O–H groups in total. The Hall–Kier alpha value is -0.540. The fourth-order valence-corrected chi connectivity index (χ4v) is 1.10. The zero-order valence-electron chi connectivity index (χ0n) is 7.50. The van der Waals surface area contributed by atoms with Gasteiger partial charge in [0.05, 0.1) is 7.11 Å². The van der Waals surface area contributed by atoms with Crippen LogP contribution < -0.4 is 0 Å². The topological polar surface area (TPSA) is 9.23 Å². The molecule has 0 saturated carbocycles. The predicted octanol–water partition coefficient (Wildman–Crippen LogP) is 3.51. The highest BCUT2D eigenvalue weighted by Gasteiger charge is 1.93. The molecule has 0 aliphatic carbocycles. The molecule has 0 aliphatic heterocycles. The molecule has 0 bridgehead atoms. The summed E-state index contributed by atoms with van der Waals surface area (Å²) in [6.07, 6.45) is 0. The van der Waals surface area contributed by atoms with E-state index in [1.807, 2.05) is 13.8 Å². The van der Waals surface area contributed by atoms with Gasteiger partial charge in [0.25, 0.3) is 0 Å². The molecule has 0 aromatic heterocycles. The second kappa shape index (κ2) is 7.13. The fourth-order valence-electron chi connectivity index (χ4n) is 0.615. The average Bonchev–Trinajstić information content (AvgIpc) is 2.09. The van der Waals surface area contributed by atoms with Crippen LogP contribution in [0.2, 0.25) is 0 Å². The van der Waals surface area contributed by atoms with Crippen LogP contribution in [0.3, 0.4) is 0 Å². The normalized spacial score (nSPS) is 8.67. The maximum Gasteiger partial charge on any atom is 0.124 e. The summed E-state index contributed by atoms with van der Waals surface area (Å²) in [5.74, 6) is -0.234. The van der Waals surface area contributed by atoms with E-state index in [2.05, 4.69) is 0 Å². The third-order valence-electron chi connectivity index (χ3n) is 0.976. The fraction of sp³-hybridized carbons (Fsp3) is 0.333. The summed E-state index contributed by atoms with van der Waals surface area (Å²) in [5, 5.41) is 0. The Morgan fingerprint density at radius 2 is 2.00 bits per heavy atom. The molecule has 68 valence electrons. The van der Waals surface area contributed by atoms with Crippen LogP contribution in [0, 0.1) is 5.82 Å². The Balaban J connectivity index is 0.000000561. The lowest BCUT2D eigenvalue weighted by atomic mass is 10.4. The quantitative estimate of drug-likeness (QED) is 0.657. The van der Waals surface area contributed by atoms with E-state index in [0.29, 0.717) is 0 Å². The SMILES string of the molecule is CC.COSc1cccc(F)c1. The molecule has 0 radical (unpaired) electrons. The molecule has 0 fully saturated rings. The summed E-state index contributed by atoms with van der Waals surface area (Å²) in [5.41, 5.74) is 0. The first-order chi connectivity index (χ1) is 5.83. The highest BCUT2D eigenvalue weighted by molar-refractivity contribution is 7.94. The van der Waals surface area contributed by atoms with Gasteiger partial charge in [-0.05, 0) is 18.2 Å². The van der Waals surface area contributed by atoms with Crippen LogP contribution in [0.4, 0.5) is 4.39 Å². The van der Waals surface area contributed by atoms with Crippen LogP contribution >= 0.6 is 12.0 Å². The van der Waals surface area contributed by atoms with E-state index in [0.717, 1.165) is 16.9 Å². The lowest BCUT2D eigenvalue weighted by Gasteiger charge is -1.95. The van der Waals surface area contributed by atoms with E-state index in [9.17, 15) is 4.39 Å². The Morgan fingerprint density at radius 3 is 2.50 bits per heavy atom. The van der Waals surface area contributed by atoms with Crippen molar-refractivity contribution in [3.63, 3.8) is 0 Å². The minimum Gasteiger partial charge on any atom is -0.314 e. The maximum absolute atomic E-state index is 12.4. The average molecular weight is 188 g/mol. The first-order valence-electron chi connectivity index (χ1n) is 3.79. The zero-order chi connectivity index (χ0) is 9.40. The molecule has 1 aromatic carbocycles. The van der Waals surface area contributed by atoms with E-state index in [-0.39, 0.29) is 5.82 Å². The highest BCUT2D eigenvalue weighted by atomic mass is 32.2. The zero-order valence-corrected chi connectivity index (χ0v) is 8.32. The van der Waals surface area contributed by atoms with Crippen molar-refractivity contribution in [1.29, 1.82) is 0 Å². The van der Waals surface area contributed by atoms with Crippen molar-refractivity contribution in [2.24, 2.45) is 0 Å². The maximum atomic E-state index is 12.4. The van der Waals surface area contributed by atoms with Gasteiger partial charge in [-0.1, -0.05) is 19.9 Å². The molecular weight excluding hydrogens is 175 g/mol. The Kier molecular flexibility index (Phi) is 6.81. The second-order valence-electron chi connectivity index (χ2n) is 1.71. The molecule has 1 rings (SSSR count). The van der Waals surface area contributed by atoms with E-state index < -0.39 is 0 Å². The largest absolute Gasteiger partial charge is 0.314 e. The Bertz CT molecular complexity index is 215. The lowest BCUT2D eigenvalue weighted by Crippen LogP contribution is -1.74. The molecule has 0 saturated heterocycles. The van der Waals surface area contributed by atoms with Gasteiger partial charge < -0.3 is 4.18 Å². The van der Waals surface area contributed by atoms with Gasteiger partial charge in [0, 0.05) is 16.9 Å². The molecule has 0 aliphatic rings. The Labute approximate surface area is 77.1 Å². The summed E-state index contributed by atoms with van der Waals surface area (Å²) >= 11 is 1.15. The molecule has 12 heavy (non-hydrogen) atoms. The summed E-state index contributed by atoms with van der Waals surface area (Å²) in [4.78, 5) is 0.780. The van der Waals surface area contributed by atoms with Crippen molar-refractivity contribution >= 4 is 12.0 Å². The first-order valence-corrected chi connectivity index (χ1v) is 4.53. The van der Waals surface area contributed by atoms with Crippen LogP contribution in [-0.4, -0.2) is 7.11 Å². The molecule has 1 aromatic rings. The van der Waals surface area contributed by atoms with E-state index in [4.69, 9.17) is 4.18 Å². The number of hydrogen-bond acceptors (Lipinski definition) is 2. The first kappa shape index (κ1) is 11.5. The van der Waals surface area contributed by atoms with Crippen molar-refractivity contribution in [3.05, 3.63) is 30.1 Å². The lowest BCUT2D eigenvalue weighted by molar-refractivity contribution is 0.489. The summed E-state index contributed by atoms with van der Waals surface area (Å²) in [6.45, 7) is 4.00. The predicted molar refractivity (Wildman–Crippen MR) is 50.6 cm³/mol. The number of halogens is 1. The van der Waals surface area contributed by atoms with E-state index >= 15 is 0 Å². The number of benzene rings is 1. The van der Waals surface area contributed by atoms with Gasteiger partial charge >= 0.3 is 0 Å². The van der Waals surface area contributed by atoms with Gasteiger partial charge in [0.1, 0.15) is 5.82 Å². The molecule has 1 nitrogen and oxygen atoms in total. The van der Waals surface area contributed by atoms with Gasteiger partial charge in [-0.3, -0.25) is 0 Å². The van der Waals surface area contributed by atoms with Crippen LogP contribution in [0.15, 0.2) is 29.2 Å². The standard InChI is InChI=1S/C7H7FOS.C2H6/c1-9-10-7-4-2-3-6(8)5-7;1-2/h2-5H,1H3;1-2H3. The monoisotopic (exact) mass is 188 g/mol. The van der Waals surface area contributed by atoms with Crippen LogP contribution in [-0.2, 0) is 4.18 Å². The highest BCUT2D eigenvalue weighted by Crippen LogP contribution is 2.17. The molecule has 0 amide bonds. The van der Waals surface area contributed by atoms with Gasteiger partial charge in [0.2, 0.25) is 0 Å². The third kappa shape index (κ3) is 4.36. The minimum absolute atomic E-state index is 0.234. The molecule has 3 heteroatoms. The summed E-state index contributed by atoms with van der Waals surface area (Å²) < 4.78 is 17.2. The smallest absolute Gasteiger partial charge is 0.124 e. The van der Waals surface area contributed by atoms with Crippen LogP contribution in [0.5, 0.6) is 0 Å². The van der Waals surface area contributed by atoms with Gasteiger partial charge in [0.15, 0.2) is 0 Å². The van der Waals surface area contributed by atoms with Crippen LogP contribution in [0.25, 0.3) is 0 Å². The van der Waals surface area contributed by atoms with Crippen molar-refractivity contribution in [2.45, 2.75) is 18.7 Å². The van der Waals surface area contributed by atoms with Crippen molar-refractivity contribution < 1.29 is 8.57 Å². The summed E-state index contributed by atoms with van der Waals surface area (Å²) in [6, 6.07) is 6.27. The molecule has 0 atom stereocenters. The number of rotatable bonds is 2. The van der Waals surface area contributed by atoms with Crippen molar-refractivity contribution in [1.82, 2.24) is 0 Å². The van der Waals surface area contributed by atoms with Crippen molar-refractivity contribution in [2.75, 3.05) is 7.11 Å². The van der Waals surface area contributed by atoms with Gasteiger partial charge in [-0.25, -0.2) is 4.39 Å². The minimum atomic E-state index is -0.234. The number of hydrogen-bond donors (Lipinski definition) is 0. The van der Waals surface area contributed by atoms with Gasteiger partial charge in [-0.15, -0.1) is 0 Å². The van der Waals surface area contributed by atoms with E-state index in [1.165, 1.54) is 12.1 Å². The molecule has 0 heterocycles. The van der Waals surface area contributed by atoms with Crippen LogP contribution in [0.1, 0.15) is 13.8 Å². The molecular formula is C9H13FOS. The van der Waals surface area contributed by atoms with Gasteiger partial charge in [-0.2, -0.15) is 0 Å². The molecule has 0 unspecified atom stereocenters.